The van der Waals surface area contributed by atoms with Crippen molar-refractivity contribution in [3.05, 3.63) is 34.1 Å². The summed E-state index contributed by atoms with van der Waals surface area (Å²) < 4.78 is 3.11. The minimum Gasteiger partial charge on any atom is -0.310 e. The molecule has 2 aromatic rings. The van der Waals surface area contributed by atoms with Crippen LogP contribution in [0.4, 0.5) is 0 Å². The minimum absolute atomic E-state index is 0.338. The maximum absolute atomic E-state index is 4.18. The number of hydrogen-bond donors (Lipinski definition) is 1. The van der Waals surface area contributed by atoms with E-state index in [2.05, 4.69) is 63.5 Å². The zero-order valence-corrected chi connectivity index (χ0v) is 14.5. The van der Waals surface area contributed by atoms with Crippen molar-refractivity contribution < 1.29 is 0 Å². The van der Waals surface area contributed by atoms with E-state index in [4.69, 9.17) is 0 Å². The Morgan fingerprint density at radius 2 is 2.15 bits per heavy atom. The second kappa shape index (κ2) is 6.74. The van der Waals surface area contributed by atoms with Crippen molar-refractivity contribution in [3.63, 3.8) is 0 Å². The first-order chi connectivity index (χ1) is 9.52. The first-order valence-electron chi connectivity index (χ1n) is 6.59. The van der Waals surface area contributed by atoms with Gasteiger partial charge in [-0.2, -0.15) is 0 Å². The molecule has 6 heteroatoms. The molecule has 0 aliphatic heterocycles. The van der Waals surface area contributed by atoms with Gasteiger partial charge in [0.05, 0.1) is 0 Å². The molecule has 0 saturated heterocycles. The minimum atomic E-state index is 0.338. The molecule has 1 aromatic heterocycles. The maximum Gasteiger partial charge on any atom is 0.195 e. The first kappa shape index (κ1) is 15.5. The van der Waals surface area contributed by atoms with Crippen LogP contribution in [0.15, 0.2) is 32.7 Å². The second-order valence-corrected chi connectivity index (χ2v) is 6.55. The molecule has 0 amide bonds. The van der Waals surface area contributed by atoms with Crippen molar-refractivity contribution in [1.29, 1.82) is 0 Å². The van der Waals surface area contributed by atoms with E-state index in [0.717, 1.165) is 26.9 Å². The summed E-state index contributed by atoms with van der Waals surface area (Å²) in [4.78, 5) is 1.15. The third kappa shape index (κ3) is 3.42. The molecule has 0 aliphatic rings. The summed E-state index contributed by atoms with van der Waals surface area (Å²) in [6.07, 6.45) is 0. The Morgan fingerprint density at radius 3 is 2.70 bits per heavy atom. The molecule has 1 aromatic carbocycles. The Kier molecular flexibility index (Phi) is 5.23. The van der Waals surface area contributed by atoms with Crippen molar-refractivity contribution in [2.75, 3.05) is 6.54 Å². The topological polar surface area (TPSA) is 42.7 Å². The number of nitrogens with one attached hydrogen (secondary N) is 1. The molecule has 4 nitrogen and oxygen atoms in total. The number of aryl methyl sites for hydroxylation is 1. The lowest BCUT2D eigenvalue weighted by atomic mass is 10.1. The summed E-state index contributed by atoms with van der Waals surface area (Å²) in [6, 6.07) is 6.76. The van der Waals surface area contributed by atoms with E-state index in [0.29, 0.717) is 6.04 Å². The van der Waals surface area contributed by atoms with Gasteiger partial charge in [-0.25, -0.2) is 0 Å². The van der Waals surface area contributed by atoms with Gasteiger partial charge in [-0.3, -0.25) is 0 Å². The fourth-order valence-electron chi connectivity index (χ4n) is 1.92. The van der Waals surface area contributed by atoms with Gasteiger partial charge in [-0.15, -0.1) is 10.2 Å². The molecule has 0 bridgehead atoms. The van der Waals surface area contributed by atoms with Crippen LogP contribution in [0, 0.1) is 6.92 Å². The van der Waals surface area contributed by atoms with Gasteiger partial charge in [0.2, 0.25) is 0 Å². The summed E-state index contributed by atoms with van der Waals surface area (Å²) in [5, 5.41) is 12.6. The molecule has 1 N–H and O–H groups in total. The van der Waals surface area contributed by atoms with Crippen LogP contribution in [0.5, 0.6) is 0 Å². The molecule has 0 spiro atoms. The highest BCUT2D eigenvalue weighted by molar-refractivity contribution is 9.10. The Bertz CT molecular complexity index is 597. The third-order valence-electron chi connectivity index (χ3n) is 3.21. The van der Waals surface area contributed by atoms with Crippen LogP contribution in [0.1, 0.15) is 31.3 Å². The molecule has 1 unspecified atom stereocenters. The summed E-state index contributed by atoms with van der Waals surface area (Å²) in [7, 11) is 1.98. The fraction of sp³-hybridized carbons (Fsp3) is 0.429. The van der Waals surface area contributed by atoms with E-state index < -0.39 is 0 Å². The maximum atomic E-state index is 4.18. The van der Waals surface area contributed by atoms with Gasteiger partial charge in [-0.1, -0.05) is 28.9 Å². The van der Waals surface area contributed by atoms with Crippen LogP contribution in [0.2, 0.25) is 0 Å². The summed E-state index contributed by atoms with van der Waals surface area (Å²) in [5.41, 5.74) is 1.27. The highest BCUT2D eigenvalue weighted by Crippen LogP contribution is 2.32. The molecular weight excluding hydrogens is 336 g/mol. The molecular formula is C14H19BrN4S. The lowest BCUT2D eigenvalue weighted by molar-refractivity contribution is 0.595. The number of hydrogen-bond acceptors (Lipinski definition) is 4. The van der Waals surface area contributed by atoms with Gasteiger partial charge in [-0.05, 0) is 49.9 Å². The van der Waals surface area contributed by atoms with E-state index in [9.17, 15) is 0 Å². The van der Waals surface area contributed by atoms with E-state index in [-0.39, 0.29) is 0 Å². The molecule has 1 heterocycles. The Balaban J connectivity index is 2.19. The number of benzene rings is 1. The average molecular weight is 355 g/mol. The second-order valence-electron chi connectivity index (χ2n) is 4.65. The third-order valence-corrected chi connectivity index (χ3v) is 4.92. The van der Waals surface area contributed by atoms with Crippen LogP contribution in [-0.4, -0.2) is 21.3 Å². The fourth-order valence-corrected chi connectivity index (χ4v) is 3.67. The molecule has 108 valence electrons. The number of nitrogens with zero attached hydrogens (tertiary/aromatic N) is 3. The van der Waals surface area contributed by atoms with Gasteiger partial charge in [0.1, 0.15) is 5.82 Å². The Labute approximate surface area is 132 Å². The predicted molar refractivity (Wildman–Crippen MR) is 86.1 cm³/mol. The van der Waals surface area contributed by atoms with Crippen LogP contribution < -0.4 is 5.32 Å². The zero-order valence-electron chi connectivity index (χ0n) is 12.1. The van der Waals surface area contributed by atoms with Crippen molar-refractivity contribution in [1.82, 2.24) is 20.1 Å². The van der Waals surface area contributed by atoms with E-state index >= 15 is 0 Å². The number of halogens is 1. The Morgan fingerprint density at radius 1 is 1.40 bits per heavy atom. The molecule has 0 fully saturated rings. The molecule has 1 atom stereocenters. The largest absolute Gasteiger partial charge is 0.310 e. The predicted octanol–water partition coefficient (Wildman–Crippen LogP) is 3.71. The summed E-state index contributed by atoms with van der Waals surface area (Å²) in [6.45, 7) is 7.20. The number of rotatable bonds is 5. The molecule has 0 radical (unpaired) electrons. The van der Waals surface area contributed by atoms with Crippen LogP contribution in [0.25, 0.3) is 0 Å². The van der Waals surface area contributed by atoms with Crippen LogP contribution in [-0.2, 0) is 7.05 Å². The lowest BCUT2D eigenvalue weighted by Crippen LogP contribution is -2.18. The highest BCUT2D eigenvalue weighted by atomic mass is 79.9. The highest BCUT2D eigenvalue weighted by Gasteiger charge is 2.11. The first-order valence-corrected chi connectivity index (χ1v) is 8.20. The zero-order chi connectivity index (χ0) is 14.7. The van der Waals surface area contributed by atoms with E-state index in [1.54, 1.807) is 11.8 Å². The summed E-state index contributed by atoms with van der Waals surface area (Å²) >= 11 is 5.28. The van der Waals surface area contributed by atoms with Gasteiger partial charge in [0.25, 0.3) is 0 Å². The van der Waals surface area contributed by atoms with Gasteiger partial charge >= 0.3 is 0 Å². The van der Waals surface area contributed by atoms with Crippen molar-refractivity contribution in [3.8, 4) is 0 Å². The Hall–Kier alpha value is -0.850. The smallest absolute Gasteiger partial charge is 0.195 e. The van der Waals surface area contributed by atoms with Crippen molar-refractivity contribution in [2.24, 2.45) is 7.05 Å². The summed E-state index contributed by atoms with van der Waals surface area (Å²) in [5.74, 6) is 0.920. The normalized spacial score (nSPS) is 12.7. The van der Waals surface area contributed by atoms with Gasteiger partial charge < -0.3 is 9.88 Å². The average Bonchev–Trinajstić information content (AvgIpc) is 2.71. The van der Waals surface area contributed by atoms with E-state index in [1.807, 2.05) is 18.5 Å². The SMILES string of the molecule is CCNC(C)c1ccc(Sc2nnc(C)n2C)cc1Br. The van der Waals surface area contributed by atoms with Crippen molar-refractivity contribution >= 4 is 27.7 Å². The lowest BCUT2D eigenvalue weighted by Gasteiger charge is -2.15. The van der Waals surface area contributed by atoms with Gasteiger partial charge in [0, 0.05) is 22.5 Å². The van der Waals surface area contributed by atoms with Crippen LogP contribution >= 0.6 is 27.7 Å². The van der Waals surface area contributed by atoms with Gasteiger partial charge in [0.15, 0.2) is 5.16 Å². The quantitative estimate of drug-likeness (QED) is 0.888. The molecule has 0 aliphatic carbocycles. The monoisotopic (exact) mass is 354 g/mol. The number of aromatic nitrogens is 3. The standard InChI is InChI=1S/C14H19BrN4S/c1-5-16-9(2)12-7-6-11(8-13(12)15)20-14-18-17-10(3)19(14)4/h6-9,16H,5H2,1-4H3. The molecule has 2 rings (SSSR count). The van der Waals surface area contributed by atoms with Crippen molar-refractivity contribution in [2.45, 2.75) is 36.9 Å². The van der Waals surface area contributed by atoms with Crippen LogP contribution in [0.3, 0.4) is 0 Å². The van der Waals surface area contributed by atoms with E-state index in [1.165, 1.54) is 5.56 Å². The molecule has 0 saturated carbocycles. The molecule has 20 heavy (non-hydrogen) atoms.